The van der Waals surface area contributed by atoms with Gasteiger partial charge in [0.2, 0.25) is 0 Å². The van der Waals surface area contributed by atoms with Crippen LogP contribution in [0.15, 0.2) is 89.3 Å². The maximum absolute atomic E-state index is 12.9. The first-order valence-electron chi connectivity index (χ1n) is 11.0. The Balaban J connectivity index is 1.63. The van der Waals surface area contributed by atoms with Gasteiger partial charge < -0.3 is 14.2 Å². The van der Waals surface area contributed by atoms with Gasteiger partial charge >= 0.3 is 10.1 Å². The normalized spacial score (nSPS) is 11.6. The topological polar surface area (TPSA) is 105 Å². The van der Waals surface area contributed by atoms with E-state index in [-0.39, 0.29) is 22.0 Å². The van der Waals surface area contributed by atoms with Crippen LogP contribution in [0.4, 0.5) is 5.69 Å². The van der Waals surface area contributed by atoms with Gasteiger partial charge in [-0.15, -0.1) is 0 Å². The number of hydrogen-bond donors (Lipinski definition) is 1. The fourth-order valence-corrected chi connectivity index (χ4v) is 5.45. The van der Waals surface area contributed by atoms with Crippen molar-refractivity contribution in [3.8, 4) is 17.6 Å². The second-order valence-electron chi connectivity index (χ2n) is 8.04. The van der Waals surface area contributed by atoms with Crippen molar-refractivity contribution in [1.82, 2.24) is 0 Å². The molecule has 7 nitrogen and oxygen atoms in total. The summed E-state index contributed by atoms with van der Waals surface area (Å²) in [5.74, 6) is -0.421. The van der Waals surface area contributed by atoms with E-state index >= 15 is 0 Å². The molecular formula is C28H21IN2O5S. The van der Waals surface area contributed by atoms with Gasteiger partial charge in [0.05, 0.1) is 10.7 Å². The van der Waals surface area contributed by atoms with Gasteiger partial charge in [-0.3, -0.25) is 4.79 Å². The molecule has 0 saturated heterocycles. The summed E-state index contributed by atoms with van der Waals surface area (Å²) in [5, 5.41) is 14.3. The van der Waals surface area contributed by atoms with Gasteiger partial charge in [-0.2, -0.15) is 13.7 Å². The Hall–Kier alpha value is -3.88. The van der Waals surface area contributed by atoms with Crippen LogP contribution in [0, 0.1) is 21.8 Å². The van der Waals surface area contributed by atoms with Gasteiger partial charge in [-0.1, -0.05) is 54.1 Å². The van der Waals surface area contributed by atoms with Crippen LogP contribution in [-0.2, 0) is 14.9 Å². The fourth-order valence-electron chi connectivity index (χ4n) is 3.61. The molecule has 0 atom stereocenters. The van der Waals surface area contributed by atoms with E-state index in [2.05, 4.69) is 5.32 Å². The minimum absolute atomic E-state index is 0.0109. The third-order valence-electron chi connectivity index (χ3n) is 5.47. The summed E-state index contributed by atoms with van der Waals surface area (Å²) in [6.45, 7) is 1.85. The molecule has 0 unspecified atom stereocenters. The minimum atomic E-state index is -4.11. The van der Waals surface area contributed by atoms with Crippen molar-refractivity contribution in [1.29, 1.82) is 5.26 Å². The zero-order valence-corrected chi connectivity index (χ0v) is 22.8. The zero-order chi connectivity index (χ0) is 26.6. The Kier molecular flexibility index (Phi) is 7.80. The molecular weight excluding hydrogens is 603 g/mol. The molecule has 0 aliphatic carbocycles. The van der Waals surface area contributed by atoms with Gasteiger partial charge in [0.25, 0.3) is 5.91 Å². The number of anilines is 1. The average Bonchev–Trinajstić information content (AvgIpc) is 2.89. The first-order valence-corrected chi connectivity index (χ1v) is 13.5. The number of ether oxygens (including phenoxy) is 1. The number of carbonyl (C=O) groups excluding carboxylic acids is 1. The smallest absolute Gasteiger partial charge is 0.339 e. The van der Waals surface area contributed by atoms with Gasteiger partial charge in [-0.25, -0.2) is 0 Å². The van der Waals surface area contributed by atoms with Crippen molar-refractivity contribution in [2.24, 2.45) is 0 Å². The predicted octanol–water partition coefficient (Wildman–Crippen LogP) is 6.07. The predicted molar refractivity (Wildman–Crippen MR) is 151 cm³/mol. The molecule has 0 aliphatic heterocycles. The van der Waals surface area contributed by atoms with Crippen molar-refractivity contribution in [2.75, 3.05) is 12.4 Å². The van der Waals surface area contributed by atoms with E-state index in [4.69, 9.17) is 8.92 Å². The van der Waals surface area contributed by atoms with Crippen molar-refractivity contribution < 1.29 is 22.1 Å². The molecule has 186 valence electrons. The van der Waals surface area contributed by atoms with Crippen LogP contribution in [0.25, 0.3) is 16.8 Å². The summed E-state index contributed by atoms with van der Waals surface area (Å²) >= 11 is 1.92. The highest BCUT2D eigenvalue weighted by molar-refractivity contribution is 14.1. The SMILES string of the molecule is COc1cc(/C=C(\C#N)C(=O)Nc2cccc3ccccc23)cc(I)c1OS(=O)(=O)c1ccc(C)cc1. The van der Waals surface area contributed by atoms with Crippen molar-refractivity contribution in [2.45, 2.75) is 11.8 Å². The Morgan fingerprint density at radius 1 is 1.03 bits per heavy atom. The molecule has 4 aromatic carbocycles. The van der Waals surface area contributed by atoms with E-state index < -0.39 is 16.0 Å². The lowest BCUT2D eigenvalue weighted by atomic mass is 10.1. The van der Waals surface area contributed by atoms with Crippen LogP contribution in [0.1, 0.15) is 11.1 Å². The monoisotopic (exact) mass is 624 g/mol. The molecule has 37 heavy (non-hydrogen) atoms. The first-order chi connectivity index (χ1) is 17.7. The van der Waals surface area contributed by atoms with E-state index in [1.807, 2.05) is 72.0 Å². The number of amides is 1. The molecule has 4 rings (SSSR count). The number of rotatable bonds is 7. The Labute approximate surface area is 228 Å². The molecule has 0 aliphatic rings. The number of aryl methyl sites for hydroxylation is 1. The van der Waals surface area contributed by atoms with Crippen LogP contribution in [0.5, 0.6) is 11.5 Å². The number of methoxy groups -OCH3 is 1. The van der Waals surface area contributed by atoms with Crippen molar-refractivity contribution in [3.63, 3.8) is 0 Å². The largest absolute Gasteiger partial charge is 0.493 e. The number of nitrogens with one attached hydrogen (secondary N) is 1. The van der Waals surface area contributed by atoms with Gasteiger partial charge in [0.15, 0.2) is 11.5 Å². The van der Waals surface area contributed by atoms with Gasteiger partial charge in [0.1, 0.15) is 16.5 Å². The molecule has 0 bridgehead atoms. The van der Waals surface area contributed by atoms with Gasteiger partial charge in [0, 0.05) is 11.1 Å². The third-order valence-corrected chi connectivity index (χ3v) is 7.51. The molecule has 1 N–H and O–H groups in total. The molecule has 0 saturated carbocycles. The number of hydrogen-bond acceptors (Lipinski definition) is 6. The highest BCUT2D eigenvalue weighted by atomic mass is 127. The first kappa shape index (κ1) is 26.2. The summed E-state index contributed by atoms with van der Waals surface area (Å²) in [4.78, 5) is 12.9. The lowest BCUT2D eigenvalue weighted by Gasteiger charge is -2.14. The lowest BCUT2D eigenvalue weighted by Crippen LogP contribution is -2.14. The molecule has 0 fully saturated rings. The molecule has 0 aromatic heterocycles. The van der Waals surface area contributed by atoms with Crippen LogP contribution in [0.2, 0.25) is 0 Å². The molecule has 4 aromatic rings. The second-order valence-corrected chi connectivity index (χ2v) is 10.7. The van der Waals surface area contributed by atoms with E-state index in [0.29, 0.717) is 14.8 Å². The van der Waals surface area contributed by atoms with E-state index in [1.54, 1.807) is 24.3 Å². The van der Waals surface area contributed by atoms with Crippen LogP contribution in [0.3, 0.4) is 0 Å². The highest BCUT2D eigenvalue weighted by Gasteiger charge is 2.22. The molecule has 0 spiro atoms. The number of benzene rings is 4. The Bertz CT molecular complexity index is 1670. The highest BCUT2D eigenvalue weighted by Crippen LogP contribution is 2.36. The number of carbonyl (C=O) groups is 1. The maximum Gasteiger partial charge on any atom is 0.339 e. The molecule has 0 heterocycles. The quantitative estimate of drug-likeness (QED) is 0.116. The molecule has 0 radical (unpaired) electrons. The Morgan fingerprint density at radius 2 is 1.73 bits per heavy atom. The average molecular weight is 624 g/mol. The van der Waals surface area contributed by atoms with Crippen LogP contribution < -0.4 is 14.2 Å². The number of nitriles is 1. The van der Waals surface area contributed by atoms with E-state index in [1.165, 1.54) is 31.4 Å². The lowest BCUT2D eigenvalue weighted by molar-refractivity contribution is -0.112. The summed E-state index contributed by atoms with van der Waals surface area (Å²) in [6.07, 6.45) is 1.41. The number of halogens is 1. The number of fused-ring (bicyclic) bond motifs is 1. The van der Waals surface area contributed by atoms with Gasteiger partial charge in [-0.05, 0) is 76.9 Å². The fraction of sp³-hybridized carbons (Fsp3) is 0.0714. The van der Waals surface area contributed by atoms with E-state index in [0.717, 1.165) is 16.3 Å². The second kappa shape index (κ2) is 11.0. The zero-order valence-electron chi connectivity index (χ0n) is 19.9. The minimum Gasteiger partial charge on any atom is -0.493 e. The standard InChI is InChI=1S/C28H21IN2O5S/c1-18-10-12-22(13-11-18)37(33,34)36-27-24(29)15-19(16-26(27)35-2)14-21(17-30)28(32)31-25-9-5-7-20-6-3-4-8-23(20)25/h3-16H,1-2H3,(H,31,32)/b21-14+. The summed E-state index contributed by atoms with van der Waals surface area (Å²) in [6, 6.07) is 24.5. The Morgan fingerprint density at radius 3 is 2.43 bits per heavy atom. The molecule has 9 heteroatoms. The van der Waals surface area contributed by atoms with Crippen LogP contribution >= 0.6 is 22.6 Å². The van der Waals surface area contributed by atoms with E-state index in [9.17, 15) is 18.5 Å². The maximum atomic E-state index is 12.9. The van der Waals surface area contributed by atoms with Crippen LogP contribution in [-0.4, -0.2) is 21.4 Å². The van der Waals surface area contributed by atoms with Crippen molar-refractivity contribution in [3.05, 3.63) is 99.1 Å². The number of nitrogens with zero attached hydrogens (tertiary/aromatic N) is 1. The third kappa shape index (κ3) is 5.93. The van der Waals surface area contributed by atoms with Crippen molar-refractivity contribution >= 4 is 61.2 Å². The molecule has 1 amide bonds. The summed E-state index contributed by atoms with van der Waals surface area (Å²) < 4.78 is 36.8. The summed E-state index contributed by atoms with van der Waals surface area (Å²) in [7, 11) is -2.73. The summed E-state index contributed by atoms with van der Waals surface area (Å²) in [5.41, 5.74) is 1.83.